The molecule has 0 unspecified atom stereocenters. The predicted octanol–water partition coefficient (Wildman–Crippen LogP) is 2.65. The van der Waals surface area contributed by atoms with Gasteiger partial charge in [0.2, 0.25) is 12.2 Å². The molecule has 0 atom stereocenters. The van der Waals surface area contributed by atoms with Crippen molar-refractivity contribution in [2.24, 2.45) is 8.80 Å². The summed E-state index contributed by atoms with van der Waals surface area (Å²) in [5, 5.41) is 0. The zero-order valence-electron chi connectivity index (χ0n) is 8.25. The summed E-state index contributed by atoms with van der Waals surface area (Å²) < 4.78 is 6.82. The summed E-state index contributed by atoms with van der Waals surface area (Å²) in [6.45, 7) is 0. The van der Waals surface area contributed by atoms with E-state index in [2.05, 4.69) is 8.80 Å². The molecule has 0 aromatic heterocycles. The topological polar surface area (TPSA) is 58.9 Å². The van der Waals surface area contributed by atoms with Crippen molar-refractivity contribution in [2.45, 2.75) is 11.5 Å². The van der Waals surface area contributed by atoms with Crippen LogP contribution in [0.15, 0.2) is 33.1 Å². The highest BCUT2D eigenvalue weighted by Crippen LogP contribution is 2.17. The lowest BCUT2D eigenvalue weighted by atomic mass is 10.2. The highest BCUT2D eigenvalue weighted by molar-refractivity contribution is 7.97. The second-order valence-electron chi connectivity index (χ2n) is 2.73. The van der Waals surface area contributed by atoms with Gasteiger partial charge in [0.15, 0.2) is 0 Å². The van der Waals surface area contributed by atoms with Crippen LogP contribution < -0.4 is 0 Å². The van der Waals surface area contributed by atoms with Crippen molar-refractivity contribution in [3.63, 3.8) is 0 Å². The van der Waals surface area contributed by atoms with Gasteiger partial charge >= 0.3 is 0 Å². The minimum absolute atomic E-state index is 0.630. The standard InChI is InChI=1S/C10H8N2O2S2/c13-7-11-15-5-9-2-1-3-10(4-9)6-16-12-8-14/h1-4H,5-6H2. The Morgan fingerprint density at radius 3 is 1.94 bits per heavy atom. The number of rotatable bonds is 6. The van der Waals surface area contributed by atoms with Crippen molar-refractivity contribution in [1.29, 1.82) is 0 Å². The highest BCUT2D eigenvalue weighted by Gasteiger charge is 1.96. The first-order valence-electron chi connectivity index (χ1n) is 4.33. The van der Waals surface area contributed by atoms with E-state index < -0.39 is 0 Å². The van der Waals surface area contributed by atoms with E-state index in [1.54, 1.807) is 0 Å². The average Bonchev–Trinajstić information content (AvgIpc) is 2.30. The molecule has 0 radical (unpaired) electrons. The lowest BCUT2D eigenvalue weighted by Crippen LogP contribution is -1.83. The Morgan fingerprint density at radius 2 is 1.50 bits per heavy atom. The van der Waals surface area contributed by atoms with Crippen molar-refractivity contribution in [3.8, 4) is 0 Å². The SMILES string of the molecule is O=C=NSCc1cccc(CSN=C=O)c1. The van der Waals surface area contributed by atoms with Gasteiger partial charge in [0.05, 0.1) is 0 Å². The molecule has 1 rings (SSSR count). The molecule has 1 aromatic carbocycles. The van der Waals surface area contributed by atoms with Crippen LogP contribution in [0.1, 0.15) is 11.1 Å². The minimum Gasteiger partial charge on any atom is -0.210 e. The molecule has 0 saturated heterocycles. The molecule has 16 heavy (non-hydrogen) atoms. The largest absolute Gasteiger partial charge is 0.247 e. The van der Waals surface area contributed by atoms with E-state index in [1.807, 2.05) is 24.3 Å². The molecular formula is C10H8N2O2S2. The number of benzene rings is 1. The molecule has 0 heterocycles. The van der Waals surface area contributed by atoms with Crippen molar-refractivity contribution >= 4 is 36.1 Å². The van der Waals surface area contributed by atoms with Gasteiger partial charge in [-0.3, -0.25) is 0 Å². The fraction of sp³-hybridized carbons (Fsp3) is 0.200. The molecule has 1 aromatic rings. The van der Waals surface area contributed by atoms with E-state index in [4.69, 9.17) is 0 Å². The molecule has 6 heteroatoms. The number of isocyanates is 2. The highest BCUT2D eigenvalue weighted by atomic mass is 32.2. The minimum atomic E-state index is 0.630. The van der Waals surface area contributed by atoms with Crippen LogP contribution in [0, 0.1) is 0 Å². The molecular weight excluding hydrogens is 244 g/mol. The van der Waals surface area contributed by atoms with E-state index in [9.17, 15) is 9.59 Å². The third-order valence-electron chi connectivity index (χ3n) is 1.66. The summed E-state index contributed by atoms with van der Waals surface area (Å²) in [5.74, 6) is 1.26. The van der Waals surface area contributed by atoms with E-state index in [-0.39, 0.29) is 0 Å². The molecule has 0 aliphatic rings. The maximum Gasteiger partial charge on any atom is 0.247 e. The van der Waals surface area contributed by atoms with Gasteiger partial charge in [-0.05, 0) is 35.0 Å². The van der Waals surface area contributed by atoms with Crippen molar-refractivity contribution in [1.82, 2.24) is 0 Å². The first kappa shape index (κ1) is 12.7. The molecule has 0 N–H and O–H groups in total. The predicted molar refractivity (Wildman–Crippen MR) is 65.3 cm³/mol. The Balaban J connectivity index is 2.55. The van der Waals surface area contributed by atoms with Crippen molar-refractivity contribution in [3.05, 3.63) is 35.4 Å². The maximum absolute atomic E-state index is 9.87. The second-order valence-corrected chi connectivity index (χ2v) is 4.19. The van der Waals surface area contributed by atoms with Gasteiger partial charge in [-0.15, -0.1) is 8.80 Å². The van der Waals surface area contributed by atoms with Crippen LogP contribution in [0.4, 0.5) is 0 Å². The summed E-state index contributed by atoms with van der Waals surface area (Å²) >= 11 is 2.30. The van der Waals surface area contributed by atoms with E-state index >= 15 is 0 Å². The number of carbonyl (C=O) groups excluding carboxylic acids is 2. The number of nitrogens with zero attached hydrogens (tertiary/aromatic N) is 2. The Morgan fingerprint density at radius 1 is 1.00 bits per heavy atom. The van der Waals surface area contributed by atoms with Crippen LogP contribution in [-0.4, -0.2) is 12.2 Å². The smallest absolute Gasteiger partial charge is 0.210 e. The number of hydrogen-bond acceptors (Lipinski definition) is 6. The van der Waals surface area contributed by atoms with Gasteiger partial charge in [-0.2, -0.15) is 0 Å². The van der Waals surface area contributed by atoms with Crippen molar-refractivity contribution < 1.29 is 9.59 Å². The molecule has 0 aliphatic carbocycles. The van der Waals surface area contributed by atoms with Crippen LogP contribution in [0.5, 0.6) is 0 Å². The third-order valence-corrected chi connectivity index (χ3v) is 2.99. The van der Waals surface area contributed by atoms with E-state index in [0.717, 1.165) is 35.0 Å². The Labute approximate surface area is 102 Å². The summed E-state index contributed by atoms with van der Waals surface area (Å²) in [4.78, 5) is 19.7. The first-order valence-corrected chi connectivity index (χ1v) is 6.21. The molecule has 0 saturated carbocycles. The summed E-state index contributed by atoms with van der Waals surface area (Å²) in [6, 6.07) is 7.80. The maximum atomic E-state index is 9.87. The molecule has 0 amide bonds. The zero-order chi connectivity index (χ0) is 11.6. The van der Waals surface area contributed by atoms with Crippen molar-refractivity contribution in [2.75, 3.05) is 0 Å². The normalized spacial score (nSPS) is 9.00. The molecule has 4 nitrogen and oxygen atoms in total. The van der Waals surface area contributed by atoms with Crippen LogP contribution in [0.2, 0.25) is 0 Å². The third kappa shape index (κ3) is 4.96. The molecule has 0 bridgehead atoms. The van der Waals surface area contributed by atoms with E-state index in [1.165, 1.54) is 12.2 Å². The van der Waals surface area contributed by atoms with E-state index in [0.29, 0.717) is 11.5 Å². The second kappa shape index (κ2) is 7.91. The van der Waals surface area contributed by atoms with Gasteiger partial charge in [-0.25, -0.2) is 9.59 Å². The Hall–Kier alpha value is -1.32. The zero-order valence-corrected chi connectivity index (χ0v) is 9.88. The first-order chi connectivity index (χ1) is 7.86. The Kier molecular flexibility index (Phi) is 6.30. The lowest BCUT2D eigenvalue weighted by Gasteiger charge is -2.00. The van der Waals surface area contributed by atoms with Crippen LogP contribution in [0.3, 0.4) is 0 Å². The fourth-order valence-corrected chi connectivity index (χ4v) is 1.97. The summed E-state index contributed by atoms with van der Waals surface area (Å²) in [5.41, 5.74) is 2.13. The van der Waals surface area contributed by atoms with Gasteiger partial charge in [0.1, 0.15) is 0 Å². The van der Waals surface area contributed by atoms with Crippen LogP contribution in [0.25, 0.3) is 0 Å². The van der Waals surface area contributed by atoms with Crippen LogP contribution in [-0.2, 0) is 21.1 Å². The van der Waals surface area contributed by atoms with Gasteiger partial charge in [0, 0.05) is 11.5 Å². The molecule has 82 valence electrons. The summed E-state index contributed by atoms with van der Waals surface area (Å²) in [7, 11) is 0. The molecule has 0 fully saturated rings. The molecule has 0 aliphatic heterocycles. The molecule has 0 spiro atoms. The monoisotopic (exact) mass is 252 g/mol. The quantitative estimate of drug-likeness (QED) is 0.443. The van der Waals surface area contributed by atoms with Gasteiger partial charge in [-0.1, -0.05) is 24.3 Å². The fourth-order valence-electron chi connectivity index (χ4n) is 1.08. The lowest BCUT2D eigenvalue weighted by molar-refractivity contribution is 0.565. The van der Waals surface area contributed by atoms with Crippen LogP contribution >= 0.6 is 23.9 Å². The number of hydrogen-bond donors (Lipinski definition) is 0. The van der Waals surface area contributed by atoms with Gasteiger partial charge in [0.25, 0.3) is 0 Å². The van der Waals surface area contributed by atoms with Gasteiger partial charge < -0.3 is 0 Å². The average molecular weight is 252 g/mol. The Bertz CT molecular complexity index is 401. The summed E-state index contributed by atoms with van der Waals surface area (Å²) in [6.07, 6.45) is 2.94.